The third-order valence-corrected chi connectivity index (χ3v) is 5.77. The number of nitrogens with zero attached hydrogens (tertiary/aromatic N) is 3. The highest BCUT2D eigenvalue weighted by molar-refractivity contribution is 7.19. The second kappa shape index (κ2) is 8.89. The molecule has 1 aromatic carbocycles. The summed E-state index contributed by atoms with van der Waals surface area (Å²) >= 11 is 7.94. The van der Waals surface area contributed by atoms with Crippen LogP contribution in [0.25, 0.3) is 21.3 Å². The Morgan fingerprint density at radius 1 is 1.11 bits per heavy atom. The van der Waals surface area contributed by atoms with E-state index in [2.05, 4.69) is 47.8 Å². The molecule has 0 aliphatic rings. The van der Waals surface area contributed by atoms with Crippen LogP contribution < -0.4 is 9.64 Å². The Balaban J connectivity index is 2.16. The molecule has 0 spiro atoms. The molecule has 0 saturated carbocycles. The standard InChI is InChI=1S/C21H26ClN3OS/c1-5-8-13-25(6-2)19-18-17(14(4)27-20(18)24-21(22)23-19)15-9-11-16(12-10-15)26-7-3/h9-12H,5-8,13H2,1-4H3. The third-order valence-electron chi connectivity index (χ3n) is 4.60. The van der Waals surface area contributed by atoms with Gasteiger partial charge >= 0.3 is 0 Å². The molecule has 4 nitrogen and oxygen atoms in total. The molecule has 6 heteroatoms. The Labute approximate surface area is 170 Å². The van der Waals surface area contributed by atoms with Crippen molar-refractivity contribution in [2.24, 2.45) is 0 Å². The largest absolute Gasteiger partial charge is 0.494 e. The number of ether oxygens (including phenoxy) is 1. The number of rotatable bonds is 8. The number of hydrogen-bond acceptors (Lipinski definition) is 5. The number of hydrogen-bond donors (Lipinski definition) is 0. The molecule has 27 heavy (non-hydrogen) atoms. The molecule has 0 aliphatic heterocycles. The van der Waals surface area contributed by atoms with Crippen molar-refractivity contribution in [1.82, 2.24) is 9.97 Å². The summed E-state index contributed by atoms with van der Waals surface area (Å²) in [5, 5.41) is 1.41. The maximum Gasteiger partial charge on any atom is 0.225 e. The first-order valence-corrected chi connectivity index (χ1v) is 10.7. The van der Waals surface area contributed by atoms with Gasteiger partial charge in [-0.3, -0.25) is 0 Å². The van der Waals surface area contributed by atoms with E-state index in [0.29, 0.717) is 11.9 Å². The lowest BCUT2D eigenvalue weighted by molar-refractivity contribution is 0.340. The second-order valence-corrected chi connectivity index (χ2v) is 7.96. The number of aromatic nitrogens is 2. The van der Waals surface area contributed by atoms with Crippen LogP contribution in [-0.2, 0) is 0 Å². The zero-order valence-electron chi connectivity index (χ0n) is 16.4. The highest BCUT2D eigenvalue weighted by Crippen LogP contribution is 2.42. The van der Waals surface area contributed by atoms with Gasteiger partial charge in [-0.05, 0) is 56.5 Å². The molecule has 0 unspecified atom stereocenters. The molecular weight excluding hydrogens is 378 g/mol. The van der Waals surface area contributed by atoms with Crippen LogP contribution in [0, 0.1) is 6.92 Å². The lowest BCUT2D eigenvalue weighted by Crippen LogP contribution is -2.25. The number of benzene rings is 1. The zero-order valence-corrected chi connectivity index (χ0v) is 18.0. The first-order valence-electron chi connectivity index (χ1n) is 9.53. The summed E-state index contributed by atoms with van der Waals surface area (Å²) in [6, 6.07) is 8.26. The summed E-state index contributed by atoms with van der Waals surface area (Å²) in [7, 11) is 0. The van der Waals surface area contributed by atoms with E-state index in [4.69, 9.17) is 16.3 Å². The summed E-state index contributed by atoms with van der Waals surface area (Å²) in [6.45, 7) is 11.0. The smallest absolute Gasteiger partial charge is 0.225 e. The van der Waals surface area contributed by atoms with Crippen LogP contribution in [0.4, 0.5) is 5.82 Å². The van der Waals surface area contributed by atoms with Crippen molar-refractivity contribution < 1.29 is 4.74 Å². The molecule has 0 atom stereocenters. The van der Waals surface area contributed by atoms with Gasteiger partial charge in [-0.25, -0.2) is 4.98 Å². The van der Waals surface area contributed by atoms with Gasteiger partial charge in [-0.2, -0.15) is 4.98 Å². The van der Waals surface area contributed by atoms with Crippen molar-refractivity contribution in [3.05, 3.63) is 34.4 Å². The summed E-state index contributed by atoms with van der Waals surface area (Å²) in [4.78, 5) is 13.6. The van der Waals surface area contributed by atoms with Gasteiger partial charge < -0.3 is 9.64 Å². The molecule has 2 heterocycles. The van der Waals surface area contributed by atoms with Crippen molar-refractivity contribution in [3.8, 4) is 16.9 Å². The summed E-state index contributed by atoms with van der Waals surface area (Å²) in [5.41, 5.74) is 2.35. The maximum atomic E-state index is 6.26. The maximum absolute atomic E-state index is 6.26. The van der Waals surface area contributed by atoms with Gasteiger partial charge in [0, 0.05) is 23.5 Å². The van der Waals surface area contributed by atoms with E-state index in [1.165, 1.54) is 10.4 Å². The Hall–Kier alpha value is -1.85. The van der Waals surface area contributed by atoms with Crippen LogP contribution in [0.15, 0.2) is 24.3 Å². The Kier molecular flexibility index (Phi) is 6.55. The predicted octanol–water partition coefficient (Wildman–Crippen LogP) is 6.35. The van der Waals surface area contributed by atoms with E-state index in [1.807, 2.05) is 19.1 Å². The third kappa shape index (κ3) is 4.19. The van der Waals surface area contributed by atoms with Gasteiger partial charge in [0.05, 0.1) is 12.0 Å². The number of halogens is 1. The SMILES string of the molecule is CCCCN(CC)c1nc(Cl)nc2sc(C)c(-c3ccc(OCC)cc3)c12. The fourth-order valence-electron chi connectivity index (χ4n) is 3.29. The molecule has 144 valence electrons. The molecule has 0 fully saturated rings. The van der Waals surface area contributed by atoms with E-state index in [9.17, 15) is 0 Å². The van der Waals surface area contributed by atoms with Crippen LogP contribution in [0.1, 0.15) is 38.5 Å². The Morgan fingerprint density at radius 2 is 1.85 bits per heavy atom. The van der Waals surface area contributed by atoms with Gasteiger partial charge in [0.2, 0.25) is 5.28 Å². The van der Waals surface area contributed by atoms with Gasteiger partial charge in [-0.1, -0.05) is 25.5 Å². The molecule has 0 N–H and O–H groups in total. The average molecular weight is 404 g/mol. The number of aryl methyl sites for hydroxylation is 1. The summed E-state index contributed by atoms with van der Waals surface area (Å²) in [6.07, 6.45) is 2.27. The normalized spacial score (nSPS) is 11.1. The fraction of sp³-hybridized carbons (Fsp3) is 0.429. The molecule has 3 rings (SSSR count). The van der Waals surface area contributed by atoms with Crippen molar-refractivity contribution in [3.63, 3.8) is 0 Å². The van der Waals surface area contributed by atoms with E-state index < -0.39 is 0 Å². The molecule has 0 bridgehead atoms. The minimum Gasteiger partial charge on any atom is -0.494 e. The van der Waals surface area contributed by atoms with Crippen molar-refractivity contribution >= 4 is 39.0 Å². The van der Waals surface area contributed by atoms with Crippen LogP contribution in [0.3, 0.4) is 0 Å². The van der Waals surface area contributed by atoms with Crippen LogP contribution >= 0.6 is 22.9 Å². The molecule has 0 radical (unpaired) electrons. The van der Waals surface area contributed by atoms with Gasteiger partial charge in [-0.15, -0.1) is 11.3 Å². The van der Waals surface area contributed by atoms with Crippen LogP contribution in [0.5, 0.6) is 5.75 Å². The zero-order chi connectivity index (χ0) is 19.4. The lowest BCUT2D eigenvalue weighted by atomic mass is 10.0. The minimum atomic E-state index is 0.312. The van der Waals surface area contributed by atoms with E-state index in [0.717, 1.165) is 53.3 Å². The van der Waals surface area contributed by atoms with E-state index in [1.54, 1.807) is 11.3 Å². The Morgan fingerprint density at radius 3 is 2.48 bits per heavy atom. The molecule has 0 saturated heterocycles. The first kappa shape index (κ1) is 19.9. The lowest BCUT2D eigenvalue weighted by Gasteiger charge is -2.23. The number of fused-ring (bicyclic) bond motifs is 1. The van der Waals surface area contributed by atoms with Crippen molar-refractivity contribution in [2.75, 3.05) is 24.6 Å². The fourth-order valence-corrected chi connectivity index (χ4v) is 4.55. The summed E-state index contributed by atoms with van der Waals surface area (Å²) < 4.78 is 5.59. The number of unbranched alkanes of at least 4 members (excludes halogenated alkanes) is 1. The topological polar surface area (TPSA) is 38.2 Å². The molecule has 0 amide bonds. The van der Waals surface area contributed by atoms with Gasteiger partial charge in [0.15, 0.2) is 0 Å². The second-order valence-electron chi connectivity index (χ2n) is 6.42. The number of thiophene rings is 1. The van der Waals surface area contributed by atoms with Crippen molar-refractivity contribution in [1.29, 1.82) is 0 Å². The number of anilines is 1. The van der Waals surface area contributed by atoms with E-state index >= 15 is 0 Å². The average Bonchev–Trinajstić information content (AvgIpc) is 2.98. The molecule has 3 aromatic rings. The predicted molar refractivity (Wildman–Crippen MR) is 117 cm³/mol. The highest BCUT2D eigenvalue weighted by Gasteiger charge is 2.21. The quantitative estimate of drug-likeness (QED) is 0.411. The molecular formula is C21H26ClN3OS. The van der Waals surface area contributed by atoms with Gasteiger partial charge in [0.1, 0.15) is 16.4 Å². The van der Waals surface area contributed by atoms with Crippen molar-refractivity contribution in [2.45, 2.75) is 40.5 Å². The van der Waals surface area contributed by atoms with Crippen LogP contribution in [0.2, 0.25) is 5.28 Å². The summed E-state index contributed by atoms with van der Waals surface area (Å²) in [5.74, 6) is 1.82. The van der Waals surface area contributed by atoms with E-state index in [-0.39, 0.29) is 0 Å². The highest BCUT2D eigenvalue weighted by atomic mass is 35.5. The molecule has 0 aliphatic carbocycles. The first-order chi connectivity index (χ1) is 13.1. The minimum absolute atomic E-state index is 0.312. The Bertz CT molecular complexity index is 908. The van der Waals surface area contributed by atoms with Crippen LogP contribution in [-0.4, -0.2) is 29.7 Å². The van der Waals surface area contributed by atoms with Gasteiger partial charge in [0.25, 0.3) is 0 Å². The molecule has 2 aromatic heterocycles. The monoisotopic (exact) mass is 403 g/mol.